The standard InChI is InChI=1S/C18H21F3N4/c1-13-10-17(23-22-14(13)2)25-8-6-24(7-9-25)12-15-4-3-5-16(11-15)18(19,20)21/h3-5,10-11H,6-9,12H2,1-2H3. The molecule has 0 atom stereocenters. The van der Waals surface area contributed by atoms with Crippen LogP contribution in [0.25, 0.3) is 0 Å². The molecular formula is C18H21F3N4. The van der Waals surface area contributed by atoms with E-state index in [9.17, 15) is 13.2 Å². The molecule has 0 amide bonds. The van der Waals surface area contributed by atoms with E-state index in [0.717, 1.165) is 49.3 Å². The molecule has 1 aromatic heterocycles. The van der Waals surface area contributed by atoms with Crippen LogP contribution in [0.5, 0.6) is 0 Å². The van der Waals surface area contributed by atoms with Crippen molar-refractivity contribution in [1.82, 2.24) is 15.1 Å². The Morgan fingerprint density at radius 3 is 2.36 bits per heavy atom. The van der Waals surface area contributed by atoms with Crippen LogP contribution >= 0.6 is 0 Å². The molecule has 134 valence electrons. The molecule has 0 radical (unpaired) electrons. The zero-order valence-corrected chi connectivity index (χ0v) is 14.3. The van der Waals surface area contributed by atoms with Gasteiger partial charge in [-0.3, -0.25) is 4.90 Å². The Morgan fingerprint density at radius 1 is 1.00 bits per heavy atom. The molecule has 0 aliphatic carbocycles. The number of hydrogen-bond acceptors (Lipinski definition) is 4. The molecule has 2 heterocycles. The molecule has 0 bridgehead atoms. The van der Waals surface area contributed by atoms with Crippen LogP contribution in [-0.2, 0) is 12.7 Å². The number of rotatable bonds is 3. The molecule has 0 N–H and O–H groups in total. The van der Waals surface area contributed by atoms with Gasteiger partial charge in [-0.25, -0.2) is 0 Å². The van der Waals surface area contributed by atoms with E-state index in [1.807, 2.05) is 19.9 Å². The fourth-order valence-electron chi connectivity index (χ4n) is 2.93. The number of piperazine rings is 1. The Bertz CT molecular complexity index is 737. The van der Waals surface area contributed by atoms with E-state index >= 15 is 0 Å². The Labute approximate surface area is 145 Å². The van der Waals surface area contributed by atoms with Crippen LogP contribution < -0.4 is 4.90 Å². The van der Waals surface area contributed by atoms with Gasteiger partial charge in [0.15, 0.2) is 5.82 Å². The van der Waals surface area contributed by atoms with Gasteiger partial charge >= 0.3 is 6.18 Å². The summed E-state index contributed by atoms with van der Waals surface area (Å²) in [5, 5.41) is 8.40. The average molecular weight is 350 g/mol. The highest BCUT2D eigenvalue weighted by Crippen LogP contribution is 2.29. The summed E-state index contributed by atoms with van der Waals surface area (Å²) >= 11 is 0. The first-order valence-electron chi connectivity index (χ1n) is 8.27. The summed E-state index contributed by atoms with van der Waals surface area (Å²) in [6.07, 6.45) is -4.29. The minimum Gasteiger partial charge on any atom is -0.353 e. The largest absolute Gasteiger partial charge is 0.416 e. The van der Waals surface area contributed by atoms with Gasteiger partial charge in [-0.15, -0.1) is 5.10 Å². The minimum absolute atomic E-state index is 0.524. The number of aromatic nitrogens is 2. The van der Waals surface area contributed by atoms with E-state index in [2.05, 4.69) is 20.0 Å². The first-order valence-corrected chi connectivity index (χ1v) is 8.27. The maximum Gasteiger partial charge on any atom is 0.416 e. The number of nitrogens with zero attached hydrogens (tertiary/aromatic N) is 4. The Kier molecular flexibility index (Phi) is 4.94. The van der Waals surface area contributed by atoms with Crippen molar-refractivity contribution < 1.29 is 13.2 Å². The second-order valence-electron chi connectivity index (χ2n) is 6.43. The third-order valence-corrected chi connectivity index (χ3v) is 4.58. The van der Waals surface area contributed by atoms with E-state index in [1.165, 1.54) is 12.1 Å². The molecule has 7 heteroatoms. The molecule has 1 saturated heterocycles. The molecule has 1 aliphatic rings. The smallest absolute Gasteiger partial charge is 0.353 e. The number of hydrogen-bond donors (Lipinski definition) is 0. The molecule has 1 aromatic carbocycles. The van der Waals surface area contributed by atoms with Crippen molar-refractivity contribution in [2.24, 2.45) is 0 Å². The molecule has 2 aromatic rings. The van der Waals surface area contributed by atoms with Crippen LogP contribution in [0.15, 0.2) is 30.3 Å². The highest BCUT2D eigenvalue weighted by Gasteiger charge is 2.30. The topological polar surface area (TPSA) is 32.3 Å². The Hall–Kier alpha value is -2.15. The number of alkyl halides is 3. The van der Waals surface area contributed by atoms with Gasteiger partial charge in [-0.05, 0) is 37.1 Å². The molecule has 1 fully saturated rings. The predicted molar refractivity (Wildman–Crippen MR) is 90.4 cm³/mol. The van der Waals surface area contributed by atoms with Gasteiger partial charge in [0.05, 0.1) is 11.3 Å². The lowest BCUT2D eigenvalue weighted by Crippen LogP contribution is -2.46. The van der Waals surface area contributed by atoms with Gasteiger partial charge in [-0.1, -0.05) is 18.2 Å². The van der Waals surface area contributed by atoms with Crippen LogP contribution in [0.1, 0.15) is 22.4 Å². The van der Waals surface area contributed by atoms with Crippen molar-refractivity contribution in [2.75, 3.05) is 31.1 Å². The van der Waals surface area contributed by atoms with Crippen molar-refractivity contribution in [1.29, 1.82) is 0 Å². The molecule has 4 nitrogen and oxygen atoms in total. The number of anilines is 1. The van der Waals surface area contributed by atoms with Gasteiger partial charge < -0.3 is 4.90 Å². The molecule has 0 saturated carbocycles. The monoisotopic (exact) mass is 350 g/mol. The Morgan fingerprint density at radius 2 is 1.72 bits per heavy atom. The fraction of sp³-hybridized carbons (Fsp3) is 0.444. The quantitative estimate of drug-likeness (QED) is 0.849. The SMILES string of the molecule is Cc1cc(N2CCN(Cc3cccc(C(F)(F)F)c3)CC2)nnc1C. The maximum absolute atomic E-state index is 12.8. The summed E-state index contributed by atoms with van der Waals surface area (Å²) in [5.41, 5.74) is 2.13. The lowest BCUT2D eigenvalue weighted by atomic mass is 10.1. The lowest BCUT2D eigenvalue weighted by molar-refractivity contribution is -0.137. The normalized spacial score (nSPS) is 16.3. The zero-order valence-electron chi connectivity index (χ0n) is 14.3. The molecule has 1 aliphatic heterocycles. The van der Waals surface area contributed by atoms with E-state index < -0.39 is 11.7 Å². The Balaban J connectivity index is 1.60. The highest BCUT2D eigenvalue weighted by atomic mass is 19.4. The summed E-state index contributed by atoms with van der Waals surface area (Å²) in [7, 11) is 0. The first-order chi connectivity index (χ1) is 11.8. The zero-order chi connectivity index (χ0) is 18.0. The lowest BCUT2D eigenvalue weighted by Gasteiger charge is -2.35. The second-order valence-corrected chi connectivity index (χ2v) is 6.43. The summed E-state index contributed by atoms with van der Waals surface area (Å²) < 4.78 is 38.4. The van der Waals surface area contributed by atoms with Crippen LogP contribution in [0, 0.1) is 13.8 Å². The van der Waals surface area contributed by atoms with Crippen molar-refractivity contribution in [3.63, 3.8) is 0 Å². The van der Waals surface area contributed by atoms with Crippen LogP contribution in [0.3, 0.4) is 0 Å². The predicted octanol–water partition coefficient (Wildman–Crippen LogP) is 3.43. The fourth-order valence-corrected chi connectivity index (χ4v) is 2.93. The summed E-state index contributed by atoms with van der Waals surface area (Å²) in [6, 6.07) is 7.60. The minimum atomic E-state index is -4.29. The summed E-state index contributed by atoms with van der Waals surface area (Å²) in [5.74, 6) is 0.863. The first kappa shape index (κ1) is 17.7. The summed E-state index contributed by atoms with van der Waals surface area (Å²) in [4.78, 5) is 4.34. The van der Waals surface area contributed by atoms with Crippen LogP contribution in [0.4, 0.5) is 19.0 Å². The number of halogens is 3. The highest BCUT2D eigenvalue weighted by molar-refractivity contribution is 5.41. The third kappa shape index (κ3) is 4.28. The van der Waals surface area contributed by atoms with Crippen molar-refractivity contribution >= 4 is 5.82 Å². The van der Waals surface area contributed by atoms with E-state index in [4.69, 9.17) is 0 Å². The number of benzene rings is 1. The second kappa shape index (κ2) is 7.00. The van der Waals surface area contributed by atoms with Gasteiger partial charge in [0, 0.05) is 32.7 Å². The van der Waals surface area contributed by atoms with E-state index in [1.54, 1.807) is 6.07 Å². The average Bonchev–Trinajstić information content (AvgIpc) is 2.58. The molecular weight excluding hydrogens is 329 g/mol. The van der Waals surface area contributed by atoms with E-state index in [-0.39, 0.29) is 0 Å². The molecule has 0 unspecified atom stereocenters. The van der Waals surface area contributed by atoms with Crippen molar-refractivity contribution in [3.8, 4) is 0 Å². The van der Waals surface area contributed by atoms with Gasteiger partial charge in [-0.2, -0.15) is 18.3 Å². The van der Waals surface area contributed by atoms with Crippen LogP contribution in [-0.4, -0.2) is 41.3 Å². The van der Waals surface area contributed by atoms with E-state index in [0.29, 0.717) is 12.1 Å². The van der Waals surface area contributed by atoms with Crippen molar-refractivity contribution in [3.05, 3.63) is 52.7 Å². The molecule has 0 spiro atoms. The number of aryl methyl sites for hydroxylation is 2. The molecule has 25 heavy (non-hydrogen) atoms. The van der Waals surface area contributed by atoms with Gasteiger partial charge in [0.25, 0.3) is 0 Å². The van der Waals surface area contributed by atoms with Crippen LogP contribution in [0.2, 0.25) is 0 Å². The maximum atomic E-state index is 12.8. The third-order valence-electron chi connectivity index (χ3n) is 4.58. The molecule has 3 rings (SSSR count). The van der Waals surface area contributed by atoms with Gasteiger partial charge in [0.2, 0.25) is 0 Å². The summed E-state index contributed by atoms with van der Waals surface area (Å²) in [6.45, 7) is 7.61. The van der Waals surface area contributed by atoms with Gasteiger partial charge in [0.1, 0.15) is 0 Å². The van der Waals surface area contributed by atoms with Crippen molar-refractivity contribution in [2.45, 2.75) is 26.6 Å².